The van der Waals surface area contributed by atoms with Gasteiger partial charge in [0.25, 0.3) is 5.91 Å². The van der Waals surface area contributed by atoms with Gasteiger partial charge in [-0.2, -0.15) is 0 Å². The summed E-state index contributed by atoms with van der Waals surface area (Å²) < 4.78 is 5.72. The molecular weight excluding hydrogens is 316 g/mol. The minimum Gasteiger partial charge on any atom is -0.455 e. The number of aliphatic hydroxyl groups excluding tert-OH is 1. The van der Waals surface area contributed by atoms with Crippen molar-refractivity contribution < 1.29 is 14.3 Å². The number of hydrogen-bond acceptors (Lipinski definition) is 4. The summed E-state index contributed by atoms with van der Waals surface area (Å²) in [5.74, 6) is 1.06. The predicted octanol–water partition coefficient (Wildman–Crippen LogP) is 3.07. The Kier molecular flexibility index (Phi) is 5.89. The number of benzene rings is 1. The van der Waals surface area contributed by atoms with E-state index in [4.69, 9.17) is 4.42 Å². The zero-order chi connectivity index (χ0) is 17.6. The lowest BCUT2D eigenvalue weighted by molar-refractivity contribution is 0.0727. The van der Waals surface area contributed by atoms with Crippen molar-refractivity contribution in [2.24, 2.45) is 0 Å². The van der Waals surface area contributed by atoms with Gasteiger partial charge in [-0.25, -0.2) is 0 Å². The summed E-state index contributed by atoms with van der Waals surface area (Å²) in [4.78, 5) is 16.4. The second-order valence-electron chi connectivity index (χ2n) is 6.69. The van der Waals surface area contributed by atoms with Gasteiger partial charge in [0, 0.05) is 13.6 Å². The van der Waals surface area contributed by atoms with E-state index in [1.165, 1.54) is 12.8 Å². The lowest BCUT2D eigenvalue weighted by Crippen LogP contribution is -2.28. The Labute approximate surface area is 148 Å². The highest BCUT2D eigenvalue weighted by Gasteiger charge is 2.19. The van der Waals surface area contributed by atoms with Gasteiger partial charge in [-0.05, 0) is 50.0 Å². The molecule has 0 bridgehead atoms. The van der Waals surface area contributed by atoms with Crippen molar-refractivity contribution in [2.75, 3.05) is 26.7 Å². The molecule has 2 heterocycles. The Hall–Kier alpha value is -2.11. The maximum absolute atomic E-state index is 12.5. The molecule has 1 fully saturated rings. The van der Waals surface area contributed by atoms with Crippen LogP contribution in [-0.4, -0.2) is 47.5 Å². The third-order valence-electron chi connectivity index (χ3n) is 4.72. The molecule has 25 heavy (non-hydrogen) atoms. The molecule has 0 saturated carbocycles. The SMILES string of the molecule is CN(CC[C@@H](O)c1ccccc1)C(=O)c1ccc(CN2CCCC2)o1. The summed E-state index contributed by atoms with van der Waals surface area (Å²) in [7, 11) is 1.74. The second kappa shape index (κ2) is 8.32. The van der Waals surface area contributed by atoms with Gasteiger partial charge in [-0.3, -0.25) is 9.69 Å². The summed E-state index contributed by atoms with van der Waals surface area (Å²) in [6, 6.07) is 13.1. The molecule has 1 saturated heterocycles. The topological polar surface area (TPSA) is 56.9 Å². The third kappa shape index (κ3) is 4.71. The first-order chi connectivity index (χ1) is 12.1. The molecule has 5 heteroatoms. The van der Waals surface area contributed by atoms with Crippen LogP contribution in [-0.2, 0) is 6.54 Å². The first-order valence-electron chi connectivity index (χ1n) is 8.93. The van der Waals surface area contributed by atoms with E-state index >= 15 is 0 Å². The summed E-state index contributed by atoms with van der Waals surface area (Å²) in [5.41, 5.74) is 0.870. The predicted molar refractivity (Wildman–Crippen MR) is 96.2 cm³/mol. The number of carbonyl (C=O) groups is 1. The zero-order valence-electron chi connectivity index (χ0n) is 14.7. The van der Waals surface area contributed by atoms with Crippen LogP contribution in [0.1, 0.15) is 47.2 Å². The van der Waals surface area contributed by atoms with Gasteiger partial charge in [0.1, 0.15) is 5.76 Å². The molecule has 3 rings (SSSR count). The standard InChI is InChI=1S/C20H26N2O3/c1-21(14-11-18(23)16-7-3-2-4-8-16)20(24)19-10-9-17(25-19)15-22-12-5-6-13-22/h2-4,7-10,18,23H,5-6,11-15H2,1H3/t18-/m1/s1. The largest absolute Gasteiger partial charge is 0.455 e. The van der Waals surface area contributed by atoms with Gasteiger partial charge in [0.15, 0.2) is 5.76 Å². The van der Waals surface area contributed by atoms with Crippen LogP contribution in [0.2, 0.25) is 0 Å². The van der Waals surface area contributed by atoms with Crippen LogP contribution < -0.4 is 0 Å². The fraction of sp³-hybridized carbons (Fsp3) is 0.450. The highest BCUT2D eigenvalue weighted by atomic mass is 16.4. The van der Waals surface area contributed by atoms with Crippen molar-refractivity contribution >= 4 is 5.91 Å². The Balaban J connectivity index is 1.51. The fourth-order valence-electron chi connectivity index (χ4n) is 3.19. The lowest BCUT2D eigenvalue weighted by atomic mass is 10.1. The summed E-state index contributed by atoms with van der Waals surface area (Å²) in [5, 5.41) is 10.2. The average molecular weight is 342 g/mol. The normalized spacial score (nSPS) is 16.1. The van der Waals surface area contributed by atoms with Gasteiger partial charge in [0.2, 0.25) is 0 Å². The quantitative estimate of drug-likeness (QED) is 0.840. The van der Waals surface area contributed by atoms with E-state index in [1.54, 1.807) is 18.0 Å². The fourth-order valence-corrected chi connectivity index (χ4v) is 3.19. The van der Waals surface area contributed by atoms with Crippen molar-refractivity contribution in [3.05, 3.63) is 59.5 Å². The number of nitrogens with zero attached hydrogens (tertiary/aromatic N) is 2. The van der Waals surface area contributed by atoms with Crippen molar-refractivity contribution in [1.82, 2.24) is 9.80 Å². The van der Waals surface area contributed by atoms with Crippen LogP contribution in [0.25, 0.3) is 0 Å². The molecule has 0 spiro atoms. The number of carbonyl (C=O) groups excluding carboxylic acids is 1. The minimum atomic E-state index is -0.571. The molecule has 1 N–H and O–H groups in total. The first-order valence-corrected chi connectivity index (χ1v) is 8.93. The minimum absolute atomic E-state index is 0.145. The van der Waals surface area contributed by atoms with Gasteiger partial charge in [-0.1, -0.05) is 30.3 Å². The van der Waals surface area contributed by atoms with Gasteiger partial charge in [-0.15, -0.1) is 0 Å². The molecule has 2 aromatic rings. The number of likely N-dealkylation sites (tertiary alicyclic amines) is 1. The highest BCUT2D eigenvalue weighted by molar-refractivity contribution is 5.91. The number of aliphatic hydroxyl groups is 1. The van der Waals surface area contributed by atoms with Crippen LogP contribution >= 0.6 is 0 Å². The lowest BCUT2D eigenvalue weighted by Gasteiger charge is -2.18. The maximum Gasteiger partial charge on any atom is 0.289 e. The van der Waals surface area contributed by atoms with Crippen LogP contribution in [0, 0.1) is 0 Å². The molecule has 0 aliphatic carbocycles. The molecule has 0 radical (unpaired) electrons. The molecule has 1 amide bonds. The molecule has 1 aliphatic heterocycles. The second-order valence-corrected chi connectivity index (χ2v) is 6.69. The van der Waals surface area contributed by atoms with E-state index in [1.807, 2.05) is 36.4 Å². The van der Waals surface area contributed by atoms with Crippen molar-refractivity contribution in [1.29, 1.82) is 0 Å². The van der Waals surface area contributed by atoms with Gasteiger partial charge in [0.05, 0.1) is 12.6 Å². The molecule has 1 atom stereocenters. The Bertz CT molecular complexity index is 677. The smallest absolute Gasteiger partial charge is 0.289 e. The molecule has 1 aromatic heterocycles. The number of hydrogen-bond donors (Lipinski definition) is 1. The Morgan fingerprint density at radius 2 is 1.92 bits per heavy atom. The maximum atomic E-state index is 12.5. The van der Waals surface area contributed by atoms with Crippen molar-refractivity contribution in [3.63, 3.8) is 0 Å². The van der Waals surface area contributed by atoms with Crippen LogP contribution in [0.5, 0.6) is 0 Å². The third-order valence-corrected chi connectivity index (χ3v) is 4.72. The van der Waals surface area contributed by atoms with E-state index in [2.05, 4.69) is 4.90 Å². The highest BCUT2D eigenvalue weighted by Crippen LogP contribution is 2.18. The summed E-state index contributed by atoms with van der Waals surface area (Å²) in [6.07, 6.45) is 2.39. The van der Waals surface area contributed by atoms with E-state index in [-0.39, 0.29) is 5.91 Å². The Morgan fingerprint density at radius 3 is 2.64 bits per heavy atom. The van der Waals surface area contributed by atoms with Crippen molar-refractivity contribution in [2.45, 2.75) is 31.9 Å². The number of amides is 1. The zero-order valence-corrected chi connectivity index (χ0v) is 14.7. The number of rotatable bonds is 7. The molecule has 0 unspecified atom stereocenters. The molecule has 5 nitrogen and oxygen atoms in total. The molecular formula is C20H26N2O3. The van der Waals surface area contributed by atoms with Crippen LogP contribution in [0.4, 0.5) is 0 Å². The summed E-state index contributed by atoms with van der Waals surface area (Å²) in [6.45, 7) is 3.43. The molecule has 1 aliphatic rings. The van der Waals surface area contributed by atoms with E-state index in [0.29, 0.717) is 18.7 Å². The summed E-state index contributed by atoms with van der Waals surface area (Å²) >= 11 is 0. The molecule has 1 aromatic carbocycles. The van der Waals surface area contributed by atoms with Crippen LogP contribution in [0.3, 0.4) is 0 Å². The Morgan fingerprint density at radius 1 is 1.20 bits per heavy atom. The average Bonchev–Trinajstić information content (AvgIpc) is 3.32. The van der Waals surface area contributed by atoms with Crippen LogP contribution in [0.15, 0.2) is 46.9 Å². The first kappa shape index (κ1) is 17.7. The van der Waals surface area contributed by atoms with E-state index in [0.717, 1.165) is 31.0 Å². The van der Waals surface area contributed by atoms with E-state index in [9.17, 15) is 9.90 Å². The molecule has 134 valence electrons. The van der Waals surface area contributed by atoms with Gasteiger partial charge >= 0.3 is 0 Å². The van der Waals surface area contributed by atoms with Gasteiger partial charge < -0.3 is 14.4 Å². The monoisotopic (exact) mass is 342 g/mol. The van der Waals surface area contributed by atoms with E-state index < -0.39 is 6.10 Å². The number of furan rings is 1. The van der Waals surface area contributed by atoms with Crippen molar-refractivity contribution in [3.8, 4) is 0 Å².